The zero-order valence-electron chi connectivity index (χ0n) is 23.6. The van der Waals surface area contributed by atoms with Crippen molar-refractivity contribution in [3.63, 3.8) is 0 Å². The van der Waals surface area contributed by atoms with Crippen LogP contribution in [0.15, 0.2) is 102 Å². The van der Waals surface area contributed by atoms with Gasteiger partial charge in [0.15, 0.2) is 0 Å². The number of hydrogen-bond donors (Lipinski definition) is 2. The second kappa shape index (κ2) is 14.7. The van der Waals surface area contributed by atoms with Crippen molar-refractivity contribution in [2.24, 2.45) is 5.73 Å². The summed E-state index contributed by atoms with van der Waals surface area (Å²) in [4.78, 5) is 0.319. The van der Waals surface area contributed by atoms with E-state index in [1.165, 1.54) is 11.1 Å². The van der Waals surface area contributed by atoms with E-state index in [-0.39, 0.29) is 19.5 Å². The van der Waals surface area contributed by atoms with Gasteiger partial charge in [0, 0.05) is 19.5 Å². The smallest absolute Gasteiger partial charge is 0.241 e. The summed E-state index contributed by atoms with van der Waals surface area (Å²) >= 11 is 0. The molecule has 0 spiro atoms. The molecule has 0 amide bonds. The van der Waals surface area contributed by atoms with Gasteiger partial charge in [0.1, 0.15) is 0 Å². The van der Waals surface area contributed by atoms with Gasteiger partial charge in [0.25, 0.3) is 0 Å². The van der Waals surface area contributed by atoms with Crippen molar-refractivity contribution >= 4 is 10.0 Å². The van der Waals surface area contributed by atoms with Crippen molar-refractivity contribution in [1.82, 2.24) is 4.72 Å². The normalized spacial score (nSPS) is 12.6. The fourth-order valence-electron chi connectivity index (χ4n) is 4.64. The van der Waals surface area contributed by atoms with E-state index in [1.54, 1.807) is 0 Å². The van der Waals surface area contributed by atoms with Crippen LogP contribution in [0.1, 0.15) is 70.8 Å². The zero-order valence-corrected chi connectivity index (χ0v) is 26.2. The molecule has 0 unspecified atom stereocenters. The van der Waals surface area contributed by atoms with Gasteiger partial charge in [-0.25, -0.2) is 13.1 Å². The first-order chi connectivity index (χ1) is 18.0. The van der Waals surface area contributed by atoms with Crippen LogP contribution in [0, 0.1) is 27.7 Å². The first-order valence-electron chi connectivity index (χ1n) is 13.0. The minimum absolute atomic E-state index is 0. The third kappa shape index (κ3) is 8.94. The molecule has 0 bridgehead atoms. The number of nitrogens with one attached hydrogen (secondary N) is 1. The zero-order chi connectivity index (χ0) is 27.9. The third-order valence-corrected chi connectivity index (χ3v) is 8.35. The van der Waals surface area contributed by atoms with E-state index in [9.17, 15) is 8.42 Å². The summed E-state index contributed by atoms with van der Waals surface area (Å²) in [5, 5.41) is 0. The predicted octanol–water partition coefficient (Wildman–Crippen LogP) is 7.45. The van der Waals surface area contributed by atoms with Crippen LogP contribution in [0.3, 0.4) is 0 Å². The summed E-state index contributed by atoms with van der Waals surface area (Å²) < 4.78 is 29.5. The van der Waals surface area contributed by atoms with Crippen molar-refractivity contribution in [3.05, 3.63) is 136 Å². The number of rotatable bonds is 7. The Morgan fingerprint density at radius 3 is 1.56 bits per heavy atom. The van der Waals surface area contributed by atoms with Gasteiger partial charge in [-0.1, -0.05) is 122 Å². The second-order valence-corrected chi connectivity index (χ2v) is 11.9. The molecule has 0 radical (unpaired) electrons. The summed E-state index contributed by atoms with van der Waals surface area (Å²) in [7, 11) is -3.77. The van der Waals surface area contributed by atoms with Crippen molar-refractivity contribution in [1.29, 1.82) is 0 Å². The maximum absolute atomic E-state index is 13.3. The van der Waals surface area contributed by atoms with Crippen LogP contribution in [0.2, 0.25) is 0 Å². The van der Waals surface area contributed by atoms with Crippen LogP contribution in [0.25, 0.3) is 0 Å². The van der Waals surface area contributed by atoms with Crippen LogP contribution in [-0.4, -0.2) is 8.42 Å². The fraction of sp³-hybridized carbons (Fsp3) is 0.273. The third-order valence-electron chi connectivity index (χ3n) is 6.60. The average molecular weight is 630 g/mol. The van der Waals surface area contributed by atoms with E-state index in [1.807, 2.05) is 93.6 Å². The Balaban J connectivity index is 0.000000410. The molecular weight excluding hydrogens is 590 g/mol. The summed E-state index contributed by atoms with van der Waals surface area (Å²) in [6.07, 6.45) is 0. The van der Waals surface area contributed by atoms with Crippen LogP contribution in [0.4, 0.5) is 0 Å². The maximum atomic E-state index is 13.3. The predicted molar refractivity (Wildman–Crippen MR) is 159 cm³/mol. The molecule has 3 N–H and O–H groups in total. The van der Waals surface area contributed by atoms with Crippen LogP contribution >= 0.6 is 0 Å². The molecule has 0 saturated carbocycles. The molecule has 4 rings (SSSR count). The minimum Gasteiger partial charge on any atom is -0.322 e. The molecule has 4 aromatic carbocycles. The van der Waals surface area contributed by atoms with Crippen LogP contribution < -0.4 is 10.5 Å². The number of nitrogens with two attached hydrogens (primary N) is 1. The summed E-state index contributed by atoms with van der Waals surface area (Å²) in [5.41, 5.74) is 13.5. The Kier molecular flexibility index (Phi) is 12.3. The SMILES string of the molecule is Cc1cc(C)c(S(=O)(=O)N[C@H](c2ccccc2)[C@H](N)c2ccccc2)c(C)c1.Cc1ccc(C(C)C)cc1.[Ru]. The van der Waals surface area contributed by atoms with E-state index in [2.05, 4.69) is 49.8 Å². The summed E-state index contributed by atoms with van der Waals surface area (Å²) in [6.45, 7) is 12.1. The molecular formula is C33H40N2O2RuS. The van der Waals surface area contributed by atoms with E-state index < -0.39 is 22.1 Å². The first kappa shape index (κ1) is 32.6. The molecule has 4 aromatic rings. The second-order valence-electron chi connectivity index (χ2n) is 10.2. The monoisotopic (exact) mass is 630 g/mol. The van der Waals surface area contributed by atoms with Crippen molar-refractivity contribution in [2.75, 3.05) is 0 Å². The Bertz CT molecular complexity index is 1400. The van der Waals surface area contributed by atoms with Gasteiger partial charge in [-0.3, -0.25) is 0 Å². The van der Waals surface area contributed by atoms with Gasteiger partial charge < -0.3 is 5.73 Å². The number of benzene rings is 4. The quantitative estimate of drug-likeness (QED) is 0.209. The topological polar surface area (TPSA) is 72.2 Å². The Morgan fingerprint density at radius 2 is 1.10 bits per heavy atom. The largest absolute Gasteiger partial charge is 0.322 e. The van der Waals surface area contributed by atoms with E-state index >= 15 is 0 Å². The average Bonchev–Trinajstić information content (AvgIpc) is 2.88. The van der Waals surface area contributed by atoms with Gasteiger partial charge in [-0.2, -0.15) is 0 Å². The van der Waals surface area contributed by atoms with Gasteiger partial charge in [-0.15, -0.1) is 0 Å². The molecule has 0 fully saturated rings. The Hall–Kier alpha value is -2.63. The van der Waals surface area contributed by atoms with Crippen LogP contribution in [0.5, 0.6) is 0 Å². The molecule has 4 nitrogen and oxygen atoms in total. The van der Waals surface area contributed by atoms with Gasteiger partial charge in [-0.05, 0) is 61.4 Å². The molecule has 2 atom stereocenters. The van der Waals surface area contributed by atoms with Crippen LogP contribution in [-0.2, 0) is 29.5 Å². The molecule has 39 heavy (non-hydrogen) atoms. The standard InChI is InChI=1S/C23H26N2O2S.C10H14.Ru/c1-16-14-17(2)23(18(3)15-16)28(26,27)25-22(20-12-8-5-9-13-20)21(24)19-10-6-4-7-11-19;1-8(2)10-6-4-9(3)5-7-10;/h4-15,21-22,25H,24H2,1-3H3;4-8H,1-3H3;/t21-,22-;;/m1../s1. The molecule has 0 heterocycles. The molecule has 208 valence electrons. The number of hydrogen-bond acceptors (Lipinski definition) is 3. The first-order valence-corrected chi connectivity index (χ1v) is 14.5. The molecule has 0 aliphatic heterocycles. The van der Waals surface area contributed by atoms with E-state index in [0.717, 1.165) is 27.8 Å². The van der Waals surface area contributed by atoms with Crippen molar-refractivity contribution in [2.45, 2.75) is 64.4 Å². The number of sulfonamides is 1. The molecule has 0 aliphatic rings. The molecule has 0 saturated heterocycles. The Labute approximate surface area is 247 Å². The summed E-state index contributed by atoms with van der Waals surface area (Å²) in [6, 6.07) is 30.4. The van der Waals surface area contributed by atoms with Gasteiger partial charge in [0.2, 0.25) is 10.0 Å². The number of aryl methyl sites for hydroxylation is 4. The summed E-state index contributed by atoms with van der Waals surface area (Å²) in [5.74, 6) is 0.653. The van der Waals surface area contributed by atoms with Gasteiger partial charge in [0.05, 0.1) is 17.0 Å². The van der Waals surface area contributed by atoms with Crippen molar-refractivity contribution < 1.29 is 27.9 Å². The van der Waals surface area contributed by atoms with E-state index in [4.69, 9.17) is 5.73 Å². The van der Waals surface area contributed by atoms with Gasteiger partial charge >= 0.3 is 0 Å². The van der Waals surface area contributed by atoms with Crippen molar-refractivity contribution in [3.8, 4) is 0 Å². The van der Waals surface area contributed by atoms with E-state index in [0.29, 0.717) is 10.8 Å². The fourth-order valence-corrected chi connectivity index (χ4v) is 6.35. The minimum atomic E-state index is -3.77. The molecule has 0 aromatic heterocycles. The maximum Gasteiger partial charge on any atom is 0.241 e. The molecule has 6 heteroatoms. The molecule has 0 aliphatic carbocycles. The Morgan fingerprint density at radius 1 is 0.641 bits per heavy atom.